The summed E-state index contributed by atoms with van der Waals surface area (Å²) in [6.07, 6.45) is 0. The SMILES string of the molecule is CO/C(=C1\C(=O)N(C(C)=O)c2ccc(C(C)=O)cc21)c1cccc([N+](=O)[O-])c1. The summed E-state index contributed by atoms with van der Waals surface area (Å²) in [6, 6.07) is 10.2. The number of nitro benzene ring substituents is 1. The molecule has 2 aromatic rings. The van der Waals surface area contributed by atoms with Crippen LogP contribution in [-0.2, 0) is 14.3 Å². The highest BCUT2D eigenvalue weighted by molar-refractivity contribution is 6.43. The molecule has 142 valence electrons. The number of anilines is 1. The molecule has 0 fully saturated rings. The molecule has 1 aliphatic heterocycles. The first kappa shape index (κ1) is 19.0. The molecule has 0 saturated carbocycles. The van der Waals surface area contributed by atoms with Crippen molar-refractivity contribution in [2.24, 2.45) is 0 Å². The molecule has 0 aliphatic carbocycles. The molecule has 0 radical (unpaired) electrons. The Kier molecular flexibility index (Phi) is 4.79. The van der Waals surface area contributed by atoms with Crippen LogP contribution in [0.25, 0.3) is 11.3 Å². The number of Topliss-reactive ketones (excluding diaryl/α,β-unsaturated/α-hetero) is 1. The van der Waals surface area contributed by atoms with Crippen LogP contribution in [0.4, 0.5) is 11.4 Å². The van der Waals surface area contributed by atoms with E-state index in [1.54, 1.807) is 6.07 Å². The molecule has 0 spiro atoms. The van der Waals surface area contributed by atoms with Crippen LogP contribution in [0.15, 0.2) is 42.5 Å². The van der Waals surface area contributed by atoms with Crippen molar-refractivity contribution < 1.29 is 24.0 Å². The second-order valence-corrected chi connectivity index (χ2v) is 6.16. The molecule has 0 saturated heterocycles. The normalized spacial score (nSPS) is 14.5. The Morgan fingerprint density at radius 3 is 2.36 bits per heavy atom. The van der Waals surface area contributed by atoms with E-state index in [0.29, 0.717) is 22.4 Å². The largest absolute Gasteiger partial charge is 0.495 e. The van der Waals surface area contributed by atoms with Gasteiger partial charge < -0.3 is 4.74 Å². The van der Waals surface area contributed by atoms with Gasteiger partial charge in [0.25, 0.3) is 11.6 Å². The van der Waals surface area contributed by atoms with E-state index < -0.39 is 16.7 Å². The van der Waals surface area contributed by atoms with Gasteiger partial charge in [-0.15, -0.1) is 0 Å². The van der Waals surface area contributed by atoms with Gasteiger partial charge in [0.05, 0.1) is 23.3 Å². The number of carbonyl (C=O) groups is 3. The van der Waals surface area contributed by atoms with Crippen LogP contribution in [0.2, 0.25) is 0 Å². The summed E-state index contributed by atoms with van der Waals surface area (Å²) in [4.78, 5) is 48.4. The average Bonchev–Trinajstić information content (AvgIpc) is 2.94. The Labute approximate surface area is 160 Å². The van der Waals surface area contributed by atoms with E-state index in [1.807, 2.05) is 0 Å². The van der Waals surface area contributed by atoms with Gasteiger partial charge in [-0.25, -0.2) is 4.90 Å². The number of rotatable bonds is 4. The highest BCUT2D eigenvalue weighted by Crippen LogP contribution is 2.42. The summed E-state index contributed by atoms with van der Waals surface area (Å²) in [5.74, 6) is -1.23. The summed E-state index contributed by atoms with van der Waals surface area (Å²) in [6.45, 7) is 2.64. The lowest BCUT2D eigenvalue weighted by Gasteiger charge is -2.12. The van der Waals surface area contributed by atoms with Gasteiger partial charge in [-0.05, 0) is 25.1 Å². The molecule has 8 nitrogen and oxygen atoms in total. The van der Waals surface area contributed by atoms with Crippen molar-refractivity contribution in [3.8, 4) is 0 Å². The number of hydrogen-bond acceptors (Lipinski definition) is 6. The molecule has 28 heavy (non-hydrogen) atoms. The molecule has 0 aromatic heterocycles. The van der Waals surface area contributed by atoms with Crippen molar-refractivity contribution in [2.75, 3.05) is 12.0 Å². The number of ether oxygens (including phenoxy) is 1. The van der Waals surface area contributed by atoms with E-state index in [1.165, 1.54) is 57.4 Å². The smallest absolute Gasteiger partial charge is 0.270 e. The second kappa shape index (κ2) is 7.07. The molecule has 3 rings (SSSR count). The molecule has 0 unspecified atom stereocenters. The van der Waals surface area contributed by atoms with Gasteiger partial charge in [-0.2, -0.15) is 0 Å². The molecule has 1 aliphatic rings. The third-order valence-corrected chi connectivity index (χ3v) is 4.40. The number of nitrogens with zero attached hydrogens (tertiary/aromatic N) is 2. The highest BCUT2D eigenvalue weighted by atomic mass is 16.6. The van der Waals surface area contributed by atoms with E-state index in [2.05, 4.69) is 0 Å². The van der Waals surface area contributed by atoms with E-state index >= 15 is 0 Å². The van der Waals surface area contributed by atoms with Crippen LogP contribution in [0.1, 0.15) is 35.3 Å². The van der Waals surface area contributed by atoms with E-state index in [-0.39, 0.29) is 22.8 Å². The predicted octanol–water partition coefficient (Wildman–Crippen LogP) is 3.21. The van der Waals surface area contributed by atoms with Gasteiger partial charge in [0.2, 0.25) is 5.91 Å². The summed E-state index contributed by atoms with van der Waals surface area (Å²) in [7, 11) is 1.33. The lowest BCUT2D eigenvalue weighted by Crippen LogP contribution is -2.31. The average molecular weight is 380 g/mol. The van der Waals surface area contributed by atoms with Crippen molar-refractivity contribution in [3.63, 3.8) is 0 Å². The number of amides is 2. The van der Waals surface area contributed by atoms with Crippen LogP contribution in [-0.4, -0.2) is 29.6 Å². The fourth-order valence-electron chi connectivity index (χ4n) is 3.14. The molecular weight excluding hydrogens is 364 g/mol. The first-order valence-corrected chi connectivity index (χ1v) is 8.29. The third kappa shape index (κ3) is 3.05. The van der Waals surface area contributed by atoms with Gasteiger partial charge in [0, 0.05) is 35.7 Å². The minimum atomic E-state index is -0.619. The molecule has 1 heterocycles. The highest BCUT2D eigenvalue weighted by Gasteiger charge is 2.38. The third-order valence-electron chi connectivity index (χ3n) is 4.40. The summed E-state index contributed by atoms with van der Waals surface area (Å²) in [5, 5.41) is 11.1. The maximum Gasteiger partial charge on any atom is 0.270 e. The molecule has 8 heteroatoms. The fraction of sp³-hybridized carbons (Fsp3) is 0.150. The van der Waals surface area contributed by atoms with Gasteiger partial charge in [0.15, 0.2) is 5.78 Å². The number of nitro groups is 1. The molecular formula is C20H16N2O6. The Bertz CT molecular complexity index is 1070. The number of imide groups is 1. The van der Waals surface area contributed by atoms with Crippen molar-refractivity contribution in [3.05, 3.63) is 69.3 Å². The van der Waals surface area contributed by atoms with Crippen molar-refractivity contribution in [1.82, 2.24) is 0 Å². The van der Waals surface area contributed by atoms with Gasteiger partial charge in [0.1, 0.15) is 5.76 Å². The first-order chi connectivity index (χ1) is 13.3. The van der Waals surface area contributed by atoms with E-state index in [4.69, 9.17) is 4.74 Å². The lowest BCUT2D eigenvalue weighted by atomic mass is 9.99. The van der Waals surface area contributed by atoms with Crippen LogP contribution >= 0.6 is 0 Å². The molecule has 0 bridgehead atoms. The van der Waals surface area contributed by atoms with Crippen molar-refractivity contribution in [1.29, 1.82) is 0 Å². The zero-order valence-corrected chi connectivity index (χ0v) is 15.4. The standard InChI is InChI=1S/C20H16N2O6/c1-11(23)13-7-8-17-16(10-13)18(20(25)21(17)12(2)24)19(28-3)14-5-4-6-15(9-14)22(26)27/h4-10H,1-3H3/b19-18-. The van der Waals surface area contributed by atoms with E-state index in [0.717, 1.165) is 4.90 Å². The molecule has 0 atom stereocenters. The Balaban J connectivity index is 2.32. The zero-order chi connectivity index (χ0) is 20.6. The second-order valence-electron chi connectivity index (χ2n) is 6.16. The van der Waals surface area contributed by atoms with Crippen LogP contribution in [0.3, 0.4) is 0 Å². The number of methoxy groups -OCH3 is 1. The van der Waals surface area contributed by atoms with Gasteiger partial charge >= 0.3 is 0 Å². The van der Waals surface area contributed by atoms with Crippen LogP contribution < -0.4 is 4.90 Å². The number of carbonyl (C=O) groups excluding carboxylic acids is 3. The minimum Gasteiger partial charge on any atom is -0.495 e. The van der Waals surface area contributed by atoms with Crippen LogP contribution in [0, 0.1) is 10.1 Å². The number of fused-ring (bicyclic) bond motifs is 1. The number of hydrogen-bond donors (Lipinski definition) is 0. The summed E-state index contributed by atoms with van der Waals surface area (Å²) < 4.78 is 5.42. The lowest BCUT2D eigenvalue weighted by molar-refractivity contribution is -0.384. The zero-order valence-electron chi connectivity index (χ0n) is 15.4. The molecule has 0 N–H and O–H groups in total. The maximum absolute atomic E-state index is 13.0. The first-order valence-electron chi connectivity index (χ1n) is 8.29. The quantitative estimate of drug-likeness (QED) is 0.265. The number of benzene rings is 2. The van der Waals surface area contributed by atoms with Gasteiger partial charge in [-0.1, -0.05) is 12.1 Å². The van der Waals surface area contributed by atoms with Gasteiger partial charge in [-0.3, -0.25) is 24.5 Å². The van der Waals surface area contributed by atoms with Crippen molar-refractivity contribution >= 4 is 40.3 Å². The number of non-ortho nitro benzene ring substituents is 1. The Morgan fingerprint density at radius 2 is 1.79 bits per heavy atom. The van der Waals surface area contributed by atoms with Crippen molar-refractivity contribution in [2.45, 2.75) is 13.8 Å². The number of ketones is 1. The fourth-order valence-corrected chi connectivity index (χ4v) is 3.14. The van der Waals surface area contributed by atoms with Crippen LogP contribution in [0.5, 0.6) is 0 Å². The summed E-state index contributed by atoms with van der Waals surface area (Å²) >= 11 is 0. The minimum absolute atomic E-state index is 0.0660. The van der Waals surface area contributed by atoms with E-state index in [9.17, 15) is 24.5 Å². The monoisotopic (exact) mass is 380 g/mol. The Morgan fingerprint density at radius 1 is 1.07 bits per heavy atom. The molecule has 2 amide bonds. The predicted molar refractivity (Wildman–Crippen MR) is 102 cm³/mol. The summed E-state index contributed by atoms with van der Waals surface area (Å²) in [5.41, 5.74) is 1.26. The topological polar surface area (TPSA) is 107 Å². The maximum atomic E-state index is 13.0. The molecule has 2 aromatic carbocycles. The Hall–Kier alpha value is -3.81.